The van der Waals surface area contributed by atoms with Gasteiger partial charge in [-0.15, -0.1) is 0 Å². The smallest absolute Gasteiger partial charge is 0.308 e. The van der Waals surface area contributed by atoms with Gasteiger partial charge in [0.05, 0.1) is 12.5 Å². The molecule has 2 N–H and O–H groups in total. The fraction of sp³-hybridized carbons (Fsp3) is 0.842. The molecule has 4 aliphatic rings. The van der Waals surface area contributed by atoms with Crippen molar-refractivity contribution in [2.24, 2.45) is 23.2 Å². The fourth-order valence-corrected chi connectivity index (χ4v) is 5.70. The molecule has 6 nitrogen and oxygen atoms in total. The van der Waals surface area contributed by atoms with Crippen LogP contribution in [0.5, 0.6) is 0 Å². The highest BCUT2D eigenvalue weighted by molar-refractivity contribution is 5.72. The average molecular weight is 352 g/mol. The van der Waals surface area contributed by atoms with E-state index in [1.54, 1.807) is 13.8 Å². The highest BCUT2D eigenvalue weighted by Gasteiger charge is 2.95. The Kier molecular flexibility index (Phi) is 3.25. The summed E-state index contributed by atoms with van der Waals surface area (Å²) in [6.07, 6.45) is -0.880. The lowest BCUT2D eigenvalue weighted by molar-refractivity contribution is -0.277. The Morgan fingerprint density at radius 1 is 1.40 bits per heavy atom. The van der Waals surface area contributed by atoms with Crippen molar-refractivity contribution in [1.29, 1.82) is 0 Å². The molecule has 0 radical (unpaired) electrons. The summed E-state index contributed by atoms with van der Waals surface area (Å²) in [6, 6.07) is 0. The van der Waals surface area contributed by atoms with E-state index in [1.165, 1.54) is 0 Å². The van der Waals surface area contributed by atoms with E-state index in [0.29, 0.717) is 5.57 Å². The number of hydrogen-bond donors (Lipinski definition) is 2. The summed E-state index contributed by atoms with van der Waals surface area (Å²) >= 11 is 0. The summed E-state index contributed by atoms with van der Waals surface area (Å²) in [4.78, 5) is 12.4. The highest BCUT2D eigenvalue weighted by Crippen LogP contribution is 2.78. The van der Waals surface area contributed by atoms with Crippen molar-refractivity contribution >= 4 is 5.97 Å². The van der Waals surface area contributed by atoms with E-state index in [4.69, 9.17) is 14.2 Å². The maximum absolute atomic E-state index is 12.4. The van der Waals surface area contributed by atoms with Crippen LogP contribution in [-0.4, -0.2) is 52.0 Å². The predicted molar refractivity (Wildman–Crippen MR) is 88.4 cm³/mol. The van der Waals surface area contributed by atoms with Crippen LogP contribution in [0.25, 0.3) is 0 Å². The van der Waals surface area contributed by atoms with Gasteiger partial charge in [-0.05, 0) is 17.9 Å². The normalized spacial score (nSPS) is 52.6. The molecule has 2 aliphatic heterocycles. The van der Waals surface area contributed by atoms with Crippen molar-refractivity contribution in [2.75, 3.05) is 6.61 Å². The van der Waals surface area contributed by atoms with Gasteiger partial charge in [0.25, 0.3) is 0 Å². The molecule has 2 saturated heterocycles. The first-order chi connectivity index (χ1) is 11.5. The summed E-state index contributed by atoms with van der Waals surface area (Å²) in [5.74, 6) is -2.70. The fourth-order valence-electron chi connectivity index (χ4n) is 5.70. The second-order valence-electron chi connectivity index (χ2n) is 9.24. The van der Waals surface area contributed by atoms with E-state index in [-0.39, 0.29) is 35.7 Å². The summed E-state index contributed by atoms with van der Waals surface area (Å²) in [6.45, 7) is 13.8. The van der Waals surface area contributed by atoms with E-state index in [0.717, 1.165) is 6.42 Å². The van der Waals surface area contributed by atoms with Crippen molar-refractivity contribution in [3.63, 3.8) is 0 Å². The lowest BCUT2D eigenvalue weighted by Crippen LogP contribution is -2.66. The molecule has 2 spiro atoms. The number of rotatable bonds is 2. The number of aliphatic hydroxyl groups is 2. The zero-order valence-electron chi connectivity index (χ0n) is 15.5. The van der Waals surface area contributed by atoms with Crippen molar-refractivity contribution in [3.05, 3.63) is 12.2 Å². The standard InChI is InChI=1S/C19H28O6/c1-9(2)14(21)24-15-16(5,6)7-12-11(4)13(20)19(22)18(10(3)8-23-19)17(12,15)25-18/h9,11-13,15,20,22H,3,7-8H2,1-2,4-6H3/t11-,12+,13+,15-,17+,18-,19-/m0/s1. The number of epoxide rings is 1. The molecular weight excluding hydrogens is 324 g/mol. The predicted octanol–water partition coefficient (Wildman–Crippen LogP) is 1.39. The second kappa shape index (κ2) is 4.66. The Bertz CT molecular complexity index is 656. The quantitative estimate of drug-likeness (QED) is 0.444. The van der Waals surface area contributed by atoms with Crippen LogP contribution in [0.15, 0.2) is 12.2 Å². The Labute approximate surface area is 148 Å². The van der Waals surface area contributed by atoms with Crippen LogP contribution in [0.1, 0.15) is 41.0 Å². The SMILES string of the molecule is C=C1CO[C@@]2(O)[C@H](O)[C@@H](C)[C@H]3CC(C)(C)[C@H](OC(=O)C(C)C)[C@]34O[C@@]142. The minimum Gasteiger partial charge on any atom is -0.458 e. The minimum atomic E-state index is -1.84. The van der Waals surface area contributed by atoms with Crippen LogP contribution < -0.4 is 0 Å². The van der Waals surface area contributed by atoms with Gasteiger partial charge in [-0.1, -0.05) is 41.2 Å². The van der Waals surface area contributed by atoms with Crippen LogP contribution in [0.2, 0.25) is 0 Å². The van der Waals surface area contributed by atoms with Crippen LogP contribution >= 0.6 is 0 Å². The van der Waals surface area contributed by atoms with Gasteiger partial charge in [-0.2, -0.15) is 0 Å². The van der Waals surface area contributed by atoms with Gasteiger partial charge in [0, 0.05) is 11.3 Å². The first-order valence-electron chi connectivity index (χ1n) is 9.09. The van der Waals surface area contributed by atoms with E-state index >= 15 is 0 Å². The molecule has 0 aromatic carbocycles. The van der Waals surface area contributed by atoms with Crippen molar-refractivity contribution in [2.45, 2.75) is 70.2 Å². The molecule has 2 aliphatic carbocycles. The third kappa shape index (κ3) is 1.68. The summed E-state index contributed by atoms with van der Waals surface area (Å²) in [5.41, 5.74) is -1.83. The molecule has 4 rings (SSSR count). The molecule has 6 heteroatoms. The molecule has 0 aromatic heterocycles. The first-order valence-corrected chi connectivity index (χ1v) is 9.09. The molecule has 4 fully saturated rings. The van der Waals surface area contributed by atoms with Gasteiger partial charge >= 0.3 is 5.97 Å². The van der Waals surface area contributed by atoms with Crippen molar-refractivity contribution in [3.8, 4) is 0 Å². The van der Waals surface area contributed by atoms with Gasteiger partial charge in [-0.3, -0.25) is 4.79 Å². The van der Waals surface area contributed by atoms with Crippen LogP contribution in [0, 0.1) is 23.2 Å². The number of hydrogen-bond acceptors (Lipinski definition) is 6. The number of ether oxygens (including phenoxy) is 3. The Hall–Kier alpha value is -0.950. The van der Waals surface area contributed by atoms with E-state index in [2.05, 4.69) is 6.58 Å². The monoisotopic (exact) mass is 352 g/mol. The molecule has 25 heavy (non-hydrogen) atoms. The molecule has 7 atom stereocenters. The molecule has 0 bridgehead atoms. The molecular formula is C19H28O6. The Morgan fingerprint density at radius 3 is 2.64 bits per heavy atom. The number of carbonyl (C=O) groups excluding carboxylic acids is 1. The third-order valence-corrected chi connectivity index (χ3v) is 6.93. The van der Waals surface area contributed by atoms with E-state index in [9.17, 15) is 15.0 Å². The summed E-state index contributed by atoms with van der Waals surface area (Å²) in [5, 5.41) is 22.0. The average Bonchev–Trinajstić information content (AvgIpc) is 3.11. The van der Waals surface area contributed by atoms with Gasteiger partial charge in [0.1, 0.15) is 17.8 Å². The van der Waals surface area contributed by atoms with E-state index in [1.807, 2.05) is 20.8 Å². The topological polar surface area (TPSA) is 88.5 Å². The molecule has 140 valence electrons. The second-order valence-corrected chi connectivity index (χ2v) is 9.24. The zero-order valence-corrected chi connectivity index (χ0v) is 15.5. The summed E-state index contributed by atoms with van der Waals surface area (Å²) < 4.78 is 17.8. The molecule has 0 aromatic rings. The zero-order chi connectivity index (χ0) is 18.6. The number of aliphatic hydroxyl groups excluding tert-OH is 1. The van der Waals surface area contributed by atoms with Crippen molar-refractivity contribution in [1.82, 2.24) is 0 Å². The maximum Gasteiger partial charge on any atom is 0.308 e. The van der Waals surface area contributed by atoms with Crippen LogP contribution in [-0.2, 0) is 19.0 Å². The number of carbonyl (C=O) groups is 1. The van der Waals surface area contributed by atoms with E-state index < -0.39 is 29.2 Å². The third-order valence-electron chi connectivity index (χ3n) is 6.93. The van der Waals surface area contributed by atoms with Gasteiger partial charge in [-0.25, -0.2) is 0 Å². The van der Waals surface area contributed by atoms with Gasteiger partial charge < -0.3 is 24.4 Å². The molecule has 0 amide bonds. The Morgan fingerprint density at radius 2 is 2.04 bits per heavy atom. The van der Waals surface area contributed by atoms with Crippen molar-refractivity contribution < 1.29 is 29.2 Å². The maximum atomic E-state index is 12.4. The van der Waals surface area contributed by atoms with Gasteiger partial charge in [0.2, 0.25) is 5.79 Å². The minimum absolute atomic E-state index is 0.0545. The number of esters is 1. The molecule has 2 heterocycles. The lowest BCUT2D eigenvalue weighted by Gasteiger charge is -2.44. The van der Waals surface area contributed by atoms with Crippen LogP contribution in [0.3, 0.4) is 0 Å². The Balaban J connectivity index is 1.84. The molecule has 2 saturated carbocycles. The summed E-state index contributed by atoms with van der Waals surface area (Å²) in [7, 11) is 0. The lowest BCUT2D eigenvalue weighted by atomic mass is 9.62. The van der Waals surface area contributed by atoms with Gasteiger partial charge in [0.15, 0.2) is 5.60 Å². The first kappa shape index (κ1) is 17.5. The highest BCUT2D eigenvalue weighted by atomic mass is 16.7. The molecule has 0 unspecified atom stereocenters. The largest absolute Gasteiger partial charge is 0.458 e. The van der Waals surface area contributed by atoms with Crippen LogP contribution in [0.4, 0.5) is 0 Å².